The second kappa shape index (κ2) is 5.24. The van der Waals surface area contributed by atoms with Crippen LogP contribution in [0, 0.1) is 0 Å². The van der Waals surface area contributed by atoms with Gasteiger partial charge in [0.05, 0.1) is 10.7 Å². The quantitative estimate of drug-likeness (QED) is 0.774. The Balaban J connectivity index is 1.84. The second-order valence-electron chi connectivity index (χ2n) is 4.34. The highest BCUT2D eigenvalue weighted by Crippen LogP contribution is 2.25. The summed E-state index contributed by atoms with van der Waals surface area (Å²) in [6.07, 6.45) is 0.852. The fourth-order valence-corrected chi connectivity index (χ4v) is 2.80. The zero-order valence-corrected chi connectivity index (χ0v) is 11.1. The molecule has 0 aliphatic heterocycles. The minimum Gasteiger partial charge on any atom is -0.508 e. The van der Waals surface area contributed by atoms with Gasteiger partial charge < -0.3 is 5.11 Å². The smallest absolute Gasteiger partial charge is 0.116 e. The van der Waals surface area contributed by atoms with Crippen LogP contribution in [-0.4, -0.2) is 10.1 Å². The minimum absolute atomic E-state index is 0.273. The molecule has 0 bridgehead atoms. The standard InChI is InChI=1S/C16H13NOS/c18-14-8-4-7-13(10-14)15-11-19-16(17-15)9-12-5-2-1-3-6-12/h1-8,10-11,18H,9H2. The maximum Gasteiger partial charge on any atom is 0.116 e. The molecule has 2 nitrogen and oxygen atoms in total. The normalized spacial score (nSPS) is 10.5. The summed E-state index contributed by atoms with van der Waals surface area (Å²) in [6.45, 7) is 0. The molecule has 1 heterocycles. The van der Waals surface area contributed by atoms with Crippen LogP contribution in [0.3, 0.4) is 0 Å². The van der Waals surface area contributed by atoms with Gasteiger partial charge in [-0.2, -0.15) is 0 Å². The molecular formula is C16H13NOS. The van der Waals surface area contributed by atoms with Crippen molar-refractivity contribution in [2.45, 2.75) is 6.42 Å². The maximum absolute atomic E-state index is 9.49. The van der Waals surface area contributed by atoms with Gasteiger partial charge in [-0.1, -0.05) is 42.5 Å². The highest BCUT2D eigenvalue weighted by atomic mass is 32.1. The average Bonchev–Trinajstić information content (AvgIpc) is 2.88. The summed E-state index contributed by atoms with van der Waals surface area (Å²) in [5, 5.41) is 12.6. The Labute approximate surface area is 116 Å². The predicted octanol–water partition coefficient (Wildman–Crippen LogP) is 4.11. The number of phenolic OH excluding ortho intramolecular Hbond substituents is 1. The summed E-state index contributed by atoms with van der Waals surface area (Å²) in [6, 6.07) is 17.5. The Hall–Kier alpha value is -2.13. The number of phenols is 1. The topological polar surface area (TPSA) is 33.1 Å². The van der Waals surface area contributed by atoms with Gasteiger partial charge >= 0.3 is 0 Å². The lowest BCUT2D eigenvalue weighted by Gasteiger charge is -1.98. The Morgan fingerprint density at radius 2 is 1.84 bits per heavy atom. The van der Waals surface area contributed by atoms with E-state index in [2.05, 4.69) is 17.1 Å². The molecular weight excluding hydrogens is 254 g/mol. The highest BCUT2D eigenvalue weighted by molar-refractivity contribution is 7.10. The Bertz CT molecular complexity index is 676. The number of thiazole rings is 1. The summed E-state index contributed by atoms with van der Waals surface area (Å²) in [7, 11) is 0. The molecule has 0 fully saturated rings. The van der Waals surface area contributed by atoms with Crippen LogP contribution < -0.4 is 0 Å². The molecule has 0 radical (unpaired) electrons. The molecule has 2 aromatic carbocycles. The Kier molecular flexibility index (Phi) is 3.29. The largest absolute Gasteiger partial charge is 0.508 e. The number of rotatable bonds is 3. The lowest BCUT2D eigenvalue weighted by molar-refractivity contribution is 0.475. The summed E-state index contributed by atoms with van der Waals surface area (Å²) in [5.74, 6) is 0.273. The van der Waals surface area contributed by atoms with Gasteiger partial charge in [0.15, 0.2) is 0 Å². The van der Waals surface area contributed by atoms with Crippen molar-refractivity contribution in [3.05, 3.63) is 70.5 Å². The third-order valence-corrected chi connectivity index (χ3v) is 3.74. The van der Waals surface area contributed by atoms with Crippen molar-refractivity contribution >= 4 is 11.3 Å². The molecule has 1 aromatic heterocycles. The fourth-order valence-electron chi connectivity index (χ4n) is 1.96. The van der Waals surface area contributed by atoms with Crippen LogP contribution in [0.4, 0.5) is 0 Å². The van der Waals surface area contributed by atoms with Crippen LogP contribution >= 0.6 is 11.3 Å². The van der Waals surface area contributed by atoms with E-state index < -0.39 is 0 Å². The zero-order chi connectivity index (χ0) is 13.1. The first-order valence-electron chi connectivity index (χ1n) is 6.09. The average molecular weight is 267 g/mol. The van der Waals surface area contributed by atoms with Crippen LogP contribution in [0.2, 0.25) is 0 Å². The SMILES string of the molecule is Oc1cccc(-c2csc(Cc3ccccc3)n2)c1. The van der Waals surface area contributed by atoms with Crippen LogP contribution in [0.25, 0.3) is 11.3 Å². The van der Waals surface area contributed by atoms with Crippen LogP contribution in [-0.2, 0) is 6.42 Å². The van der Waals surface area contributed by atoms with Crippen molar-refractivity contribution in [3.63, 3.8) is 0 Å². The van der Waals surface area contributed by atoms with Crippen LogP contribution in [0.1, 0.15) is 10.6 Å². The number of nitrogens with zero attached hydrogens (tertiary/aromatic N) is 1. The van der Waals surface area contributed by atoms with Crippen molar-refractivity contribution in [1.29, 1.82) is 0 Å². The molecule has 0 saturated heterocycles. The molecule has 0 aliphatic rings. The van der Waals surface area contributed by atoms with E-state index in [9.17, 15) is 5.11 Å². The van der Waals surface area contributed by atoms with Crippen molar-refractivity contribution < 1.29 is 5.11 Å². The van der Waals surface area contributed by atoms with E-state index in [0.29, 0.717) is 0 Å². The van der Waals surface area contributed by atoms with Crippen LogP contribution in [0.5, 0.6) is 5.75 Å². The lowest BCUT2D eigenvalue weighted by Crippen LogP contribution is -1.86. The van der Waals surface area contributed by atoms with E-state index in [1.807, 2.05) is 35.7 Å². The number of benzene rings is 2. The third kappa shape index (κ3) is 2.83. The number of hydrogen-bond acceptors (Lipinski definition) is 3. The predicted molar refractivity (Wildman–Crippen MR) is 78.5 cm³/mol. The lowest BCUT2D eigenvalue weighted by atomic mass is 10.1. The molecule has 3 aromatic rings. The molecule has 94 valence electrons. The number of aromatic nitrogens is 1. The first-order chi connectivity index (χ1) is 9.31. The molecule has 1 N–H and O–H groups in total. The molecule has 0 saturated carbocycles. The summed E-state index contributed by atoms with van der Waals surface area (Å²) in [5.41, 5.74) is 3.14. The molecule has 0 spiro atoms. The van der Waals surface area contributed by atoms with Gasteiger partial charge in [-0.25, -0.2) is 4.98 Å². The van der Waals surface area contributed by atoms with Gasteiger partial charge in [0.25, 0.3) is 0 Å². The van der Waals surface area contributed by atoms with Gasteiger partial charge in [-0.3, -0.25) is 0 Å². The number of aromatic hydroxyl groups is 1. The van der Waals surface area contributed by atoms with Gasteiger partial charge in [-0.05, 0) is 17.7 Å². The van der Waals surface area contributed by atoms with Gasteiger partial charge in [0.1, 0.15) is 5.75 Å². The van der Waals surface area contributed by atoms with Crippen LogP contribution in [0.15, 0.2) is 60.0 Å². The highest BCUT2D eigenvalue weighted by Gasteiger charge is 2.05. The fraction of sp³-hybridized carbons (Fsp3) is 0.0625. The molecule has 19 heavy (non-hydrogen) atoms. The first kappa shape index (κ1) is 11.9. The van der Waals surface area contributed by atoms with Crippen molar-refractivity contribution in [2.24, 2.45) is 0 Å². The Morgan fingerprint density at radius 3 is 2.63 bits per heavy atom. The summed E-state index contributed by atoms with van der Waals surface area (Å²) >= 11 is 1.65. The molecule has 3 heteroatoms. The first-order valence-corrected chi connectivity index (χ1v) is 6.97. The van der Waals surface area contributed by atoms with E-state index in [4.69, 9.17) is 0 Å². The molecule has 3 rings (SSSR count). The van der Waals surface area contributed by atoms with Gasteiger partial charge in [0.2, 0.25) is 0 Å². The second-order valence-corrected chi connectivity index (χ2v) is 5.28. The summed E-state index contributed by atoms with van der Waals surface area (Å²) in [4.78, 5) is 4.62. The van der Waals surface area contributed by atoms with Crippen molar-refractivity contribution in [3.8, 4) is 17.0 Å². The third-order valence-electron chi connectivity index (χ3n) is 2.89. The minimum atomic E-state index is 0.273. The molecule has 0 unspecified atom stereocenters. The molecule has 0 atom stereocenters. The Morgan fingerprint density at radius 1 is 1.00 bits per heavy atom. The van der Waals surface area contributed by atoms with E-state index >= 15 is 0 Å². The molecule has 0 amide bonds. The number of hydrogen-bond donors (Lipinski definition) is 1. The summed E-state index contributed by atoms with van der Waals surface area (Å²) < 4.78 is 0. The maximum atomic E-state index is 9.49. The molecule has 0 aliphatic carbocycles. The van der Waals surface area contributed by atoms with E-state index in [0.717, 1.165) is 22.7 Å². The van der Waals surface area contributed by atoms with E-state index in [-0.39, 0.29) is 5.75 Å². The zero-order valence-electron chi connectivity index (χ0n) is 10.3. The van der Waals surface area contributed by atoms with Gasteiger partial charge in [0, 0.05) is 17.4 Å². The van der Waals surface area contributed by atoms with Crippen molar-refractivity contribution in [1.82, 2.24) is 4.98 Å². The van der Waals surface area contributed by atoms with Gasteiger partial charge in [-0.15, -0.1) is 11.3 Å². The van der Waals surface area contributed by atoms with Crippen molar-refractivity contribution in [2.75, 3.05) is 0 Å². The monoisotopic (exact) mass is 267 g/mol. The van der Waals surface area contributed by atoms with E-state index in [1.54, 1.807) is 23.5 Å². The van der Waals surface area contributed by atoms with E-state index in [1.165, 1.54) is 5.56 Å².